The first-order chi connectivity index (χ1) is 4.70. The molecule has 0 atom stereocenters. The van der Waals surface area contributed by atoms with E-state index < -0.39 is 0 Å². The number of carbonyl (C=O) groups is 1. The van der Waals surface area contributed by atoms with Crippen LogP contribution < -0.4 is 0 Å². The summed E-state index contributed by atoms with van der Waals surface area (Å²) in [4.78, 5) is 10.9. The van der Waals surface area contributed by atoms with E-state index in [1.54, 1.807) is 6.92 Å². The van der Waals surface area contributed by atoms with E-state index in [0.29, 0.717) is 17.0 Å². The van der Waals surface area contributed by atoms with Crippen molar-refractivity contribution in [2.24, 2.45) is 5.92 Å². The molecule has 1 saturated carbocycles. The quantitative estimate of drug-likeness (QED) is 0.578. The zero-order valence-electron chi connectivity index (χ0n) is 6.34. The summed E-state index contributed by atoms with van der Waals surface area (Å²) in [5, 5.41) is 0.551. The molecule has 0 N–H and O–H groups in total. The molecule has 1 nitrogen and oxygen atoms in total. The molecule has 0 saturated heterocycles. The molecular weight excluding hydrogens is 144 g/mol. The second kappa shape index (κ2) is 3.42. The van der Waals surface area contributed by atoms with Gasteiger partial charge < -0.3 is 0 Å². The average Bonchev–Trinajstić information content (AvgIpc) is 1.88. The third-order valence-electron chi connectivity index (χ3n) is 2.27. The maximum absolute atomic E-state index is 10.9. The van der Waals surface area contributed by atoms with Crippen LogP contribution in [0.3, 0.4) is 0 Å². The Morgan fingerprint density at radius 2 is 1.80 bits per heavy atom. The van der Waals surface area contributed by atoms with Crippen LogP contribution in [0.15, 0.2) is 0 Å². The first-order valence-electron chi connectivity index (χ1n) is 3.88. The molecule has 1 aliphatic carbocycles. The Kier molecular flexibility index (Phi) is 2.78. The third kappa shape index (κ3) is 2.01. The summed E-state index contributed by atoms with van der Waals surface area (Å²) in [5.74, 6) is 0.712. The van der Waals surface area contributed by atoms with Crippen LogP contribution in [0.25, 0.3) is 0 Å². The number of Topliss-reactive ketones (excluding diaryl/α,β-unsaturated/α-hetero) is 1. The van der Waals surface area contributed by atoms with E-state index in [1.807, 2.05) is 0 Å². The molecule has 0 heterocycles. The van der Waals surface area contributed by atoms with E-state index in [1.165, 1.54) is 0 Å². The molecule has 0 aromatic heterocycles. The zero-order chi connectivity index (χ0) is 7.56. The summed E-state index contributed by atoms with van der Waals surface area (Å²) >= 11 is 4.36. The molecule has 0 spiro atoms. The zero-order valence-corrected chi connectivity index (χ0v) is 7.23. The average molecular weight is 158 g/mol. The van der Waals surface area contributed by atoms with E-state index in [-0.39, 0.29) is 0 Å². The van der Waals surface area contributed by atoms with Gasteiger partial charge in [-0.3, -0.25) is 4.79 Å². The van der Waals surface area contributed by atoms with Gasteiger partial charge in [0.25, 0.3) is 0 Å². The van der Waals surface area contributed by atoms with Crippen LogP contribution in [0.5, 0.6) is 0 Å². The fourth-order valence-electron chi connectivity index (χ4n) is 1.48. The van der Waals surface area contributed by atoms with Crippen molar-refractivity contribution in [1.29, 1.82) is 0 Å². The van der Waals surface area contributed by atoms with Crippen LogP contribution in [0.4, 0.5) is 0 Å². The standard InChI is InChI=1S/C8H14OS/c1-6(9)7-2-4-8(10)5-3-7/h7-8,10H,2-5H2,1H3. The van der Waals surface area contributed by atoms with Gasteiger partial charge in [-0.05, 0) is 32.6 Å². The Bertz CT molecular complexity index is 125. The summed E-state index contributed by atoms with van der Waals surface area (Å²) in [7, 11) is 0. The van der Waals surface area contributed by atoms with Gasteiger partial charge in [0.2, 0.25) is 0 Å². The lowest BCUT2D eigenvalue weighted by atomic mass is 9.86. The number of hydrogen-bond acceptors (Lipinski definition) is 2. The first-order valence-corrected chi connectivity index (χ1v) is 4.40. The Balaban J connectivity index is 2.33. The van der Waals surface area contributed by atoms with E-state index in [0.717, 1.165) is 25.7 Å². The topological polar surface area (TPSA) is 17.1 Å². The van der Waals surface area contributed by atoms with Crippen LogP contribution in [0.2, 0.25) is 0 Å². The lowest BCUT2D eigenvalue weighted by Gasteiger charge is -2.23. The third-order valence-corrected chi connectivity index (χ3v) is 2.79. The van der Waals surface area contributed by atoms with Gasteiger partial charge in [-0.2, -0.15) is 12.6 Å². The van der Waals surface area contributed by atoms with Gasteiger partial charge in [0.15, 0.2) is 0 Å². The van der Waals surface area contributed by atoms with Gasteiger partial charge in [-0.15, -0.1) is 0 Å². The molecule has 1 aliphatic rings. The highest BCUT2D eigenvalue weighted by atomic mass is 32.1. The van der Waals surface area contributed by atoms with Crippen LogP contribution in [0.1, 0.15) is 32.6 Å². The summed E-state index contributed by atoms with van der Waals surface area (Å²) in [6.45, 7) is 1.70. The van der Waals surface area contributed by atoms with Crippen molar-refractivity contribution >= 4 is 18.4 Å². The molecule has 0 aromatic carbocycles. The molecule has 58 valence electrons. The fourth-order valence-corrected chi connectivity index (χ4v) is 1.78. The lowest BCUT2D eigenvalue weighted by molar-refractivity contribution is -0.121. The smallest absolute Gasteiger partial charge is 0.132 e. The minimum atomic E-state index is 0.350. The molecule has 1 fully saturated rings. The Hall–Kier alpha value is 0.0200. The van der Waals surface area contributed by atoms with Crippen molar-refractivity contribution in [3.63, 3.8) is 0 Å². The number of rotatable bonds is 1. The van der Waals surface area contributed by atoms with E-state index >= 15 is 0 Å². The highest BCUT2D eigenvalue weighted by Gasteiger charge is 2.21. The first kappa shape index (κ1) is 8.12. The molecule has 0 radical (unpaired) electrons. The van der Waals surface area contributed by atoms with Crippen LogP contribution in [-0.2, 0) is 4.79 Å². The van der Waals surface area contributed by atoms with Gasteiger partial charge in [-0.1, -0.05) is 0 Å². The number of ketones is 1. The number of hydrogen-bond donors (Lipinski definition) is 1. The van der Waals surface area contributed by atoms with E-state index in [4.69, 9.17) is 0 Å². The van der Waals surface area contributed by atoms with Crippen molar-refractivity contribution in [1.82, 2.24) is 0 Å². The summed E-state index contributed by atoms with van der Waals surface area (Å²) in [6.07, 6.45) is 4.35. The molecule has 2 heteroatoms. The van der Waals surface area contributed by atoms with Crippen LogP contribution in [-0.4, -0.2) is 11.0 Å². The number of thiol groups is 1. The summed E-state index contributed by atoms with van der Waals surface area (Å²) in [5.41, 5.74) is 0. The van der Waals surface area contributed by atoms with Crippen molar-refractivity contribution in [3.05, 3.63) is 0 Å². The predicted octanol–water partition coefficient (Wildman–Crippen LogP) is 2.06. The normalized spacial score (nSPS) is 33.8. The van der Waals surface area contributed by atoms with Crippen molar-refractivity contribution in [3.8, 4) is 0 Å². The molecule has 0 unspecified atom stereocenters. The summed E-state index contributed by atoms with van der Waals surface area (Å²) in [6, 6.07) is 0. The minimum absolute atomic E-state index is 0.350. The summed E-state index contributed by atoms with van der Waals surface area (Å²) < 4.78 is 0. The minimum Gasteiger partial charge on any atom is -0.300 e. The second-order valence-corrected chi connectivity index (χ2v) is 3.85. The Morgan fingerprint density at radius 1 is 1.30 bits per heavy atom. The molecule has 0 aromatic rings. The molecule has 0 bridgehead atoms. The highest BCUT2D eigenvalue weighted by molar-refractivity contribution is 7.80. The van der Waals surface area contributed by atoms with Gasteiger partial charge >= 0.3 is 0 Å². The monoisotopic (exact) mass is 158 g/mol. The second-order valence-electron chi connectivity index (χ2n) is 3.12. The van der Waals surface area contributed by atoms with Crippen molar-refractivity contribution in [2.45, 2.75) is 37.9 Å². The molecule has 0 amide bonds. The van der Waals surface area contributed by atoms with E-state index in [9.17, 15) is 4.79 Å². The van der Waals surface area contributed by atoms with E-state index in [2.05, 4.69) is 12.6 Å². The predicted molar refractivity (Wildman–Crippen MR) is 45.4 cm³/mol. The SMILES string of the molecule is CC(=O)C1CCC(S)CC1. The molecular formula is C8H14OS. The highest BCUT2D eigenvalue weighted by Crippen LogP contribution is 2.27. The number of carbonyl (C=O) groups excluding carboxylic acids is 1. The molecule has 10 heavy (non-hydrogen) atoms. The maximum atomic E-state index is 10.9. The van der Waals surface area contributed by atoms with Gasteiger partial charge in [0.05, 0.1) is 0 Å². The van der Waals surface area contributed by atoms with Crippen molar-refractivity contribution < 1.29 is 4.79 Å². The van der Waals surface area contributed by atoms with Gasteiger partial charge in [0, 0.05) is 11.2 Å². The van der Waals surface area contributed by atoms with Crippen LogP contribution in [0, 0.1) is 5.92 Å². The van der Waals surface area contributed by atoms with Crippen LogP contribution >= 0.6 is 12.6 Å². The Morgan fingerprint density at radius 3 is 2.20 bits per heavy atom. The van der Waals surface area contributed by atoms with Gasteiger partial charge in [-0.25, -0.2) is 0 Å². The van der Waals surface area contributed by atoms with Gasteiger partial charge in [0.1, 0.15) is 5.78 Å². The fraction of sp³-hybridized carbons (Fsp3) is 0.875. The maximum Gasteiger partial charge on any atom is 0.132 e. The molecule has 1 rings (SSSR count). The molecule has 0 aliphatic heterocycles. The largest absolute Gasteiger partial charge is 0.300 e. The van der Waals surface area contributed by atoms with Crippen molar-refractivity contribution in [2.75, 3.05) is 0 Å². The lowest BCUT2D eigenvalue weighted by Crippen LogP contribution is -2.19. The Labute approximate surface area is 67.6 Å².